The van der Waals surface area contributed by atoms with Crippen molar-refractivity contribution in [1.82, 2.24) is 4.57 Å². The second kappa shape index (κ2) is 2.98. The third-order valence-corrected chi connectivity index (χ3v) is 2.01. The molecule has 0 fully saturated rings. The average Bonchev–Trinajstić information content (AvgIpc) is 2.61. The van der Waals surface area contributed by atoms with Crippen LogP contribution < -0.4 is 0 Å². The number of nitrogens with zero attached hydrogens (tertiary/aromatic N) is 1. The summed E-state index contributed by atoms with van der Waals surface area (Å²) in [7, 11) is 0. The zero-order valence-corrected chi connectivity index (χ0v) is 7.44. The quantitative estimate of drug-likeness (QED) is 0.704. The maximum atomic E-state index is 9.59. The van der Waals surface area contributed by atoms with E-state index in [0.29, 0.717) is 5.75 Å². The van der Waals surface area contributed by atoms with Crippen LogP contribution in [0.4, 0.5) is 0 Å². The summed E-state index contributed by atoms with van der Waals surface area (Å²) in [4.78, 5) is 0. The Kier molecular flexibility index (Phi) is 1.81. The molecule has 1 N–H and O–H groups in total. The third-order valence-electron chi connectivity index (χ3n) is 2.01. The van der Waals surface area contributed by atoms with Gasteiger partial charge in [-0.25, -0.2) is 0 Å². The van der Waals surface area contributed by atoms with E-state index in [4.69, 9.17) is 0 Å². The van der Waals surface area contributed by atoms with Crippen LogP contribution in [0.3, 0.4) is 0 Å². The minimum Gasteiger partial charge on any atom is -0.506 e. The Hall–Kier alpha value is -1.70. The van der Waals surface area contributed by atoms with Gasteiger partial charge in [-0.05, 0) is 36.8 Å². The fourth-order valence-corrected chi connectivity index (χ4v) is 1.34. The molecule has 0 unspecified atom stereocenters. The molecule has 0 bridgehead atoms. The first-order valence-corrected chi connectivity index (χ1v) is 4.20. The van der Waals surface area contributed by atoms with E-state index in [1.54, 1.807) is 6.07 Å². The van der Waals surface area contributed by atoms with Crippen molar-refractivity contribution >= 4 is 0 Å². The van der Waals surface area contributed by atoms with E-state index in [0.717, 1.165) is 11.3 Å². The van der Waals surface area contributed by atoms with Crippen molar-refractivity contribution in [3.05, 3.63) is 48.3 Å². The molecular formula is C11H11NO. The highest BCUT2D eigenvalue weighted by Gasteiger charge is 2.01. The van der Waals surface area contributed by atoms with Gasteiger partial charge in [0.2, 0.25) is 0 Å². The monoisotopic (exact) mass is 173 g/mol. The van der Waals surface area contributed by atoms with Crippen molar-refractivity contribution in [1.29, 1.82) is 0 Å². The van der Waals surface area contributed by atoms with Gasteiger partial charge in [-0.3, -0.25) is 0 Å². The van der Waals surface area contributed by atoms with Crippen LogP contribution >= 0.6 is 0 Å². The maximum absolute atomic E-state index is 9.59. The van der Waals surface area contributed by atoms with Crippen LogP contribution in [0.25, 0.3) is 5.69 Å². The van der Waals surface area contributed by atoms with Gasteiger partial charge in [0.15, 0.2) is 0 Å². The molecule has 2 rings (SSSR count). The van der Waals surface area contributed by atoms with Gasteiger partial charge in [0.1, 0.15) is 5.75 Å². The number of aryl methyl sites for hydroxylation is 1. The molecule has 0 saturated heterocycles. The van der Waals surface area contributed by atoms with Crippen LogP contribution in [-0.2, 0) is 0 Å². The summed E-state index contributed by atoms with van der Waals surface area (Å²) < 4.78 is 1.89. The van der Waals surface area contributed by atoms with Gasteiger partial charge in [0, 0.05) is 12.4 Å². The topological polar surface area (TPSA) is 25.2 Å². The minimum absolute atomic E-state index is 0.307. The summed E-state index contributed by atoms with van der Waals surface area (Å²) in [5.74, 6) is 0.307. The van der Waals surface area contributed by atoms with E-state index in [9.17, 15) is 5.11 Å². The first-order valence-electron chi connectivity index (χ1n) is 4.20. The second-order valence-electron chi connectivity index (χ2n) is 3.08. The Morgan fingerprint density at radius 1 is 1.15 bits per heavy atom. The molecule has 0 saturated carbocycles. The number of aromatic hydroxyl groups is 1. The predicted octanol–water partition coefficient (Wildman–Crippen LogP) is 2.49. The van der Waals surface area contributed by atoms with Crippen molar-refractivity contribution < 1.29 is 5.11 Å². The minimum atomic E-state index is 0.307. The molecule has 2 heteroatoms. The van der Waals surface area contributed by atoms with Crippen LogP contribution in [0.5, 0.6) is 5.75 Å². The SMILES string of the molecule is Cc1ccc(O)c(-n2cccc2)c1. The average molecular weight is 173 g/mol. The third kappa shape index (κ3) is 1.43. The van der Waals surface area contributed by atoms with Crippen LogP contribution in [-0.4, -0.2) is 9.67 Å². The molecule has 1 aromatic carbocycles. The van der Waals surface area contributed by atoms with E-state index in [2.05, 4.69) is 0 Å². The first kappa shape index (κ1) is 7.92. The summed E-state index contributed by atoms with van der Waals surface area (Å²) in [6.45, 7) is 2.01. The molecule has 13 heavy (non-hydrogen) atoms. The summed E-state index contributed by atoms with van der Waals surface area (Å²) in [5.41, 5.74) is 1.96. The van der Waals surface area contributed by atoms with Crippen molar-refractivity contribution in [3.63, 3.8) is 0 Å². The molecule has 0 atom stereocenters. The highest BCUT2D eigenvalue weighted by molar-refractivity contribution is 5.48. The molecule has 1 aromatic heterocycles. The molecule has 0 aliphatic rings. The van der Waals surface area contributed by atoms with E-state index in [1.807, 2.05) is 48.1 Å². The normalized spacial score (nSPS) is 10.2. The smallest absolute Gasteiger partial charge is 0.139 e. The van der Waals surface area contributed by atoms with Crippen molar-refractivity contribution in [2.24, 2.45) is 0 Å². The lowest BCUT2D eigenvalue weighted by molar-refractivity contribution is 0.472. The Bertz CT molecular complexity index is 404. The Morgan fingerprint density at radius 3 is 2.54 bits per heavy atom. The van der Waals surface area contributed by atoms with Crippen LogP contribution in [0.2, 0.25) is 0 Å². The number of hydrogen-bond acceptors (Lipinski definition) is 1. The molecule has 0 radical (unpaired) electrons. The molecule has 0 aliphatic heterocycles. The molecule has 2 nitrogen and oxygen atoms in total. The summed E-state index contributed by atoms with van der Waals surface area (Å²) in [6.07, 6.45) is 3.82. The standard InChI is InChI=1S/C11H11NO/c1-9-4-5-11(13)10(8-9)12-6-2-3-7-12/h2-8,13H,1H3. The summed E-state index contributed by atoms with van der Waals surface area (Å²) in [6, 6.07) is 9.42. The molecule has 0 aliphatic carbocycles. The summed E-state index contributed by atoms with van der Waals surface area (Å²) in [5, 5.41) is 9.59. The van der Waals surface area contributed by atoms with Gasteiger partial charge in [0.25, 0.3) is 0 Å². The van der Waals surface area contributed by atoms with Gasteiger partial charge in [-0.1, -0.05) is 6.07 Å². The van der Waals surface area contributed by atoms with E-state index >= 15 is 0 Å². The van der Waals surface area contributed by atoms with Gasteiger partial charge in [-0.15, -0.1) is 0 Å². The van der Waals surface area contributed by atoms with E-state index in [-0.39, 0.29) is 0 Å². The fraction of sp³-hybridized carbons (Fsp3) is 0.0909. The van der Waals surface area contributed by atoms with Gasteiger partial charge in [0.05, 0.1) is 5.69 Å². The lowest BCUT2D eigenvalue weighted by atomic mass is 10.2. The van der Waals surface area contributed by atoms with E-state index in [1.165, 1.54) is 0 Å². The Labute approximate surface area is 77.1 Å². The Balaban J connectivity index is 2.57. The lowest BCUT2D eigenvalue weighted by Gasteiger charge is -2.06. The van der Waals surface area contributed by atoms with Crippen molar-refractivity contribution in [3.8, 4) is 11.4 Å². The molecule has 1 heterocycles. The molecule has 0 spiro atoms. The first-order chi connectivity index (χ1) is 6.27. The number of benzene rings is 1. The number of hydrogen-bond donors (Lipinski definition) is 1. The fourth-order valence-electron chi connectivity index (χ4n) is 1.34. The number of rotatable bonds is 1. The number of phenols is 1. The highest BCUT2D eigenvalue weighted by Crippen LogP contribution is 2.22. The van der Waals surface area contributed by atoms with Crippen LogP contribution in [0, 0.1) is 6.92 Å². The van der Waals surface area contributed by atoms with E-state index < -0.39 is 0 Å². The second-order valence-corrected chi connectivity index (χ2v) is 3.08. The Morgan fingerprint density at radius 2 is 1.85 bits per heavy atom. The largest absolute Gasteiger partial charge is 0.506 e. The summed E-state index contributed by atoms with van der Waals surface area (Å²) >= 11 is 0. The zero-order valence-electron chi connectivity index (χ0n) is 7.44. The maximum Gasteiger partial charge on any atom is 0.139 e. The molecule has 66 valence electrons. The lowest BCUT2D eigenvalue weighted by Crippen LogP contribution is -1.90. The van der Waals surface area contributed by atoms with Crippen molar-refractivity contribution in [2.75, 3.05) is 0 Å². The van der Waals surface area contributed by atoms with Gasteiger partial charge >= 0.3 is 0 Å². The molecular weight excluding hydrogens is 162 g/mol. The number of phenolic OH excluding ortho intramolecular Hbond substituents is 1. The van der Waals surface area contributed by atoms with Crippen LogP contribution in [0.1, 0.15) is 5.56 Å². The van der Waals surface area contributed by atoms with Crippen LogP contribution in [0.15, 0.2) is 42.7 Å². The molecule has 2 aromatic rings. The predicted molar refractivity (Wildman–Crippen MR) is 52.2 cm³/mol. The number of aromatic nitrogens is 1. The highest BCUT2D eigenvalue weighted by atomic mass is 16.3. The zero-order chi connectivity index (χ0) is 9.26. The van der Waals surface area contributed by atoms with Gasteiger partial charge in [-0.2, -0.15) is 0 Å². The molecule has 0 amide bonds. The van der Waals surface area contributed by atoms with Gasteiger partial charge < -0.3 is 9.67 Å². The van der Waals surface area contributed by atoms with Crippen molar-refractivity contribution in [2.45, 2.75) is 6.92 Å².